The fourth-order valence-electron chi connectivity index (χ4n) is 1.24. The molecule has 78 valence electrons. The number of aliphatic carboxylic acids is 1. The quantitative estimate of drug-likeness (QED) is 0.486. The Kier molecular flexibility index (Phi) is 2.19. The van der Waals surface area contributed by atoms with E-state index in [-0.39, 0.29) is 0 Å². The Morgan fingerprint density at radius 2 is 2.40 bits per heavy atom. The maximum Gasteiger partial charge on any atom is 0.474 e. The molecule has 0 spiro atoms. The summed E-state index contributed by atoms with van der Waals surface area (Å²) in [6.07, 6.45) is 1.44. The van der Waals surface area contributed by atoms with Crippen molar-refractivity contribution in [2.75, 3.05) is 0 Å². The van der Waals surface area contributed by atoms with Gasteiger partial charge >= 0.3 is 17.3 Å². The molecule has 0 bridgehead atoms. The summed E-state index contributed by atoms with van der Waals surface area (Å²) in [4.78, 5) is 22.1. The molecule has 2 rings (SSSR count). The number of hydrogen-bond donors (Lipinski definition) is 2. The van der Waals surface area contributed by atoms with Crippen molar-refractivity contribution < 1.29 is 14.0 Å². The van der Waals surface area contributed by atoms with E-state index in [0.29, 0.717) is 5.65 Å². The highest BCUT2D eigenvalue weighted by Crippen LogP contribution is 1.91. The Bertz CT molecular complexity index is 587. The van der Waals surface area contributed by atoms with Crippen LogP contribution in [0.1, 0.15) is 0 Å². The Hall–Kier alpha value is -1.83. The summed E-state index contributed by atoms with van der Waals surface area (Å²) in [6.45, 7) is -0.453. The highest BCUT2D eigenvalue weighted by atomic mass is 32.1. The zero-order valence-electron chi connectivity index (χ0n) is 7.44. The highest BCUT2D eigenvalue weighted by Gasteiger charge is 2.21. The van der Waals surface area contributed by atoms with Crippen LogP contribution in [-0.4, -0.2) is 25.4 Å². The zero-order valence-corrected chi connectivity index (χ0v) is 8.33. The summed E-state index contributed by atoms with van der Waals surface area (Å²) >= 11 is 4.01. The molecule has 1 N–H and O–H groups in total. The maximum absolute atomic E-state index is 11.6. The number of carbonyl (C=O) groups is 1. The first-order valence-corrected chi connectivity index (χ1v) is 4.41. The third kappa shape index (κ3) is 1.48. The number of rotatable bonds is 2. The molecule has 0 aliphatic carbocycles. The van der Waals surface area contributed by atoms with Crippen LogP contribution in [0.25, 0.3) is 5.65 Å². The molecule has 0 amide bonds. The highest BCUT2D eigenvalue weighted by molar-refractivity contribution is 7.73. The lowest BCUT2D eigenvalue weighted by Crippen LogP contribution is -2.40. The van der Waals surface area contributed by atoms with Gasteiger partial charge in [0.05, 0.1) is 19.0 Å². The second kappa shape index (κ2) is 3.39. The number of fused-ring (bicyclic) bond motifs is 1. The van der Waals surface area contributed by atoms with Crippen LogP contribution in [0.5, 0.6) is 0 Å². The van der Waals surface area contributed by atoms with Gasteiger partial charge in [0.15, 0.2) is 6.54 Å². The van der Waals surface area contributed by atoms with E-state index in [4.69, 9.17) is 5.11 Å². The second-order valence-electron chi connectivity index (χ2n) is 2.82. The first-order chi connectivity index (χ1) is 7.11. The summed E-state index contributed by atoms with van der Waals surface area (Å²) in [5.74, 6) is -1.11. The van der Waals surface area contributed by atoms with E-state index in [1.54, 1.807) is 12.1 Å². The van der Waals surface area contributed by atoms with E-state index in [0.717, 1.165) is 13.3 Å². The van der Waals surface area contributed by atoms with Gasteiger partial charge in [0.25, 0.3) is 0 Å². The van der Waals surface area contributed by atoms with Gasteiger partial charge in [-0.2, -0.15) is 0 Å². The normalized spacial score (nSPS) is 10.7. The number of nitrogens with zero attached hydrogens (tertiary/aromatic N) is 4. The molecule has 0 atom stereocenters. The van der Waals surface area contributed by atoms with Crippen molar-refractivity contribution in [1.29, 1.82) is 0 Å². The lowest BCUT2D eigenvalue weighted by molar-refractivity contribution is -0.565. The molecule has 0 aliphatic heterocycles. The van der Waals surface area contributed by atoms with Crippen LogP contribution < -0.4 is 9.78 Å². The van der Waals surface area contributed by atoms with Crippen molar-refractivity contribution in [2.45, 2.75) is 6.54 Å². The van der Waals surface area contributed by atoms with Crippen molar-refractivity contribution in [3.8, 4) is 0 Å². The van der Waals surface area contributed by atoms with Gasteiger partial charge in [-0.25, -0.2) is 4.79 Å². The third-order valence-electron chi connectivity index (χ3n) is 1.85. The lowest BCUT2D eigenvalue weighted by Gasteiger charge is -1.91. The molecule has 15 heavy (non-hydrogen) atoms. The lowest BCUT2D eigenvalue weighted by atomic mass is 10.6. The van der Waals surface area contributed by atoms with Gasteiger partial charge in [0.2, 0.25) is 0 Å². The van der Waals surface area contributed by atoms with Crippen LogP contribution in [0.15, 0.2) is 23.1 Å². The van der Waals surface area contributed by atoms with E-state index in [1.807, 2.05) is 0 Å². The standard InChI is InChI=1S/C7H6N4O3S/c12-6(13)4-9-7(14)10-5(11(9)15)2-1-3-8-10/h1-3H,4H2,(H-,8,12,13,15)/p+1. The van der Waals surface area contributed by atoms with E-state index in [1.165, 1.54) is 6.20 Å². The maximum atomic E-state index is 11.6. The van der Waals surface area contributed by atoms with Gasteiger partial charge in [0, 0.05) is 6.07 Å². The third-order valence-corrected chi connectivity index (χ3v) is 2.27. The number of carboxylic acids is 1. The van der Waals surface area contributed by atoms with Gasteiger partial charge < -0.3 is 5.11 Å². The predicted octanol–water partition coefficient (Wildman–Crippen LogP) is -1.44. The van der Waals surface area contributed by atoms with Crippen LogP contribution in [0.4, 0.5) is 0 Å². The first-order valence-electron chi connectivity index (χ1n) is 4.01. The smallest absolute Gasteiger partial charge is 0.474 e. The largest absolute Gasteiger partial charge is 0.480 e. The minimum absolute atomic E-state index is 0.409. The van der Waals surface area contributed by atoms with Crippen molar-refractivity contribution in [2.24, 2.45) is 0 Å². The molecule has 2 aromatic heterocycles. The second-order valence-corrected chi connectivity index (χ2v) is 3.20. The van der Waals surface area contributed by atoms with E-state index < -0.39 is 18.2 Å². The summed E-state index contributed by atoms with van der Waals surface area (Å²) in [7, 11) is 0. The van der Waals surface area contributed by atoms with Crippen LogP contribution >= 0.6 is 12.8 Å². The molecule has 2 heterocycles. The van der Waals surface area contributed by atoms with E-state index in [2.05, 4.69) is 17.9 Å². The average molecular weight is 227 g/mol. The molecular weight excluding hydrogens is 220 g/mol. The van der Waals surface area contributed by atoms with Gasteiger partial charge in [-0.1, -0.05) is 9.19 Å². The molecule has 0 fully saturated rings. The number of thiol groups is 1. The fraction of sp³-hybridized carbons (Fsp3) is 0.143. The van der Waals surface area contributed by atoms with Crippen LogP contribution in [0, 0.1) is 0 Å². The van der Waals surface area contributed by atoms with Crippen molar-refractivity contribution in [3.63, 3.8) is 0 Å². The SMILES string of the molecule is O=C(O)Cn1c(=O)n2ncccc2[n+]1S. The molecule has 0 unspecified atom stereocenters. The summed E-state index contributed by atoms with van der Waals surface area (Å²) < 4.78 is 3.20. The van der Waals surface area contributed by atoms with Gasteiger partial charge in [-0.15, -0.1) is 4.68 Å². The Labute approximate surface area is 88.7 Å². The van der Waals surface area contributed by atoms with Gasteiger partial charge in [-0.05, 0) is 10.6 Å². The molecule has 0 aliphatic rings. The molecule has 7 nitrogen and oxygen atoms in total. The van der Waals surface area contributed by atoms with Crippen molar-refractivity contribution >= 4 is 24.4 Å². The molecule has 0 aromatic carbocycles. The van der Waals surface area contributed by atoms with Crippen LogP contribution in [0.3, 0.4) is 0 Å². The monoisotopic (exact) mass is 227 g/mol. The Morgan fingerprint density at radius 1 is 1.67 bits per heavy atom. The van der Waals surface area contributed by atoms with Gasteiger partial charge in [-0.3, -0.25) is 4.79 Å². The van der Waals surface area contributed by atoms with Crippen molar-refractivity contribution in [3.05, 3.63) is 28.8 Å². The summed E-state index contributed by atoms with van der Waals surface area (Å²) in [6, 6.07) is 3.24. The zero-order chi connectivity index (χ0) is 11.0. The van der Waals surface area contributed by atoms with E-state index in [9.17, 15) is 9.59 Å². The molecule has 0 saturated heterocycles. The van der Waals surface area contributed by atoms with Crippen LogP contribution in [0.2, 0.25) is 0 Å². The molecule has 0 saturated carbocycles. The van der Waals surface area contributed by atoms with Crippen molar-refractivity contribution in [1.82, 2.24) is 14.3 Å². The molecular formula is C7H7N4O3S+. The average Bonchev–Trinajstić information content (AvgIpc) is 2.44. The summed E-state index contributed by atoms with van der Waals surface area (Å²) in [5.41, 5.74) is -0.130. The Balaban J connectivity index is 2.75. The minimum Gasteiger partial charge on any atom is -0.480 e. The fourth-order valence-corrected chi connectivity index (χ4v) is 1.53. The number of hydrogen-bond acceptors (Lipinski definition) is 4. The topological polar surface area (TPSA) is 80.5 Å². The minimum atomic E-state index is -1.11. The van der Waals surface area contributed by atoms with E-state index >= 15 is 0 Å². The number of aromatic nitrogens is 4. The summed E-state index contributed by atoms with van der Waals surface area (Å²) in [5, 5.41) is 12.4. The molecule has 2 aromatic rings. The number of carboxylic acid groups (broad SMARTS) is 1. The van der Waals surface area contributed by atoms with Crippen LogP contribution in [-0.2, 0) is 11.3 Å². The Morgan fingerprint density at radius 3 is 3.00 bits per heavy atom. The molecule has 8 heteroatoms. The molecule has 0 radical (unpaired) electrons. The van der Waals surface area contributed by atoms with Gasteiger partial charge in [0.1, 0.15) is 0 Å². The first kappa shape index (κ1) is 9.71. The predicted molar refractivity (Wildman–Crippen MR) is 51.7 cm³/mol.